The van der Waals surface area contributed by atoms with E-state index in [0.717, 1.165) is 39.1 Å². The molecule has 258 valence electrons. The Bertz CT molecular complexity index is 1890. The van der Waals surface area contributed by atoms with Crippen molar-refractivity contribution in [1.29, 1.82) is 0 Å². The van der Waals surface area contributed by atoms with Gasteiger partial charge in [-0.2, -0.15) is 5.21 Å². The van der Waals surface area contributed by atoms with Crippen LogP contribution in [0.5, 0.6) is 0 Å². The van der Waals surface area contributed by atoms with E-state index in [2.05, 4.69) is 37.3 Å². The minimum Gasteiger partial charge on any atom is -0.370 e. The average Bonchev–Trinajstić information content (AvgIpc) is 3.63. The molecular formula is C40H45N7O3. The number of carbonyl (C=O) groups excluding carboxylic acids is 2. The Kier molecular flexibility index (Phi) is 10.5. The molecule has 4 aromatic carbocycles. The van der Waals surface area contributed by atoms with E-state index in [1.165, 1.54) is 0 Å². The molecule has 6 rings (SSSR count). The van der Waals surface area contributed by atoms with Crippen LogP contribution in [0.3, 0.4) is 0 Å². The van der Waals surface area contributed by atoms with Crippen LogP contribution in [-0.2, 0) is 33.9 Å². The Morgan fingerprint density at radius 1 is 0.880 bits per heavy atom. The molecule has 3 N–H and O–H groups in total. The first-order chi connectivity index (χ1) is 24.1. The number of aryl methyl sites for hydroxylation is 1. The molecule has 1 aliphatic heterocycles. The maximum Gasteiger partial charge on any atom is 0.249 e. The summed E-state index contributed by atoms with van der Waals surface area (Å²) >= 11 is 0. The fourth-order valence-corrected chi connectivity index (χ4v) is 6.26. The quantitative estimate of drug-likeness (QED) is 0.135. The molecule has 5 aromatic rings. The number of benzene rings is 4. The topological polar surface area (TPSA) is 125 Å². The lowest BCUT2D eigenvalue weighted by atomic mass is 9.97. The molecule has 50 heavy (non-hydrogen) atoms. The molecule has 0 spiro atoms. The molecule has 0 saturated carbocycles. The average molecular weight is 672 g/mol. The number of H-pyrrole nitrogens is 1. The van der Waals surface area contributed by atoms with E-state index >= 15 is 0 Å². The number of anilines is 1. The van der Waals surface area contributed by atoms with Crippen LogP contribution < -0.4 is 15.5 Å². The van der Waals surface area contributed by atoms with Crippen molar-refractivity contribution in [1.82, 2.24) is 31.3 Å². The highest BCUT2D eigenvalue weighted by Crippen LogP contribution is 2.32. The van der Waals surface area contributed by atoms with Gasteiger partial charge < -0.3 is 20.3 Å². The van der Waals surface area contributed by atoms with Gasteiger partial charge in [0.05, 0.1) is 18.8 Å². The van der Waals surface area contributed by atoms with E-state index < -0.39 is 17.2 Å². The SMILES string of the molecule is CC(C)(CC(=O)N[C@@H]1CCc2ccccc2N(Cc2ccc(-c3ccccc3-c3nn[nH]n3)cc2)C1=O)NCC(C)(C)OCc1ccccc1. The molecule has 10 nitrogen and oxygen atoms in total. The Balaban J connectivity index is 1.11. The third-order valence-corrected chi connectivity index (χ3v) is 9.07. The lowest BCUT2D eigenvalue weighted by molar-refractivity contribution is -0.128. The number of hydrogen-bond donors (Lipinski definition) is 3. The van der Waals surface area contributed by atoms with Gasteiger partial charge in [-0.05, 0) is 79.6 Å². The summed E-state index contributed by atoms with van der Waals surface area (Å²) in [5.41, 5.74) is 5.96. The number of para-hydroxylation sites is 1. The zero-order valence-electron chi connectivity index (χ0n) is 29.1. The highest BCUT2D eigenvalue weighted by Gasteiger charge is 2.33. The molecule has 1 aliphatic rings. The summed E-state index contributed by atoms with van der Waals surface area (Å²) in [7, 11) is 0. The van der Waals surface area contributed by atoms with Crippen molar-refractivity contribution >= 4 is 17.5 Å². The Labute approximate surface area is 293 Å². The number of fused-ring (bicyclic) bond motifs is 1. The largest absolute Gasteiger partial charge is 0.370 e. The van der Waals surface area contributed by atoms with E-state index in [1.807, 2.05) is 130 Å². The first kappa shape index (κ1) is 34.7. The van der Waals surface area contributed by atoms with Gasteiger partial charge in [-0.1, -0.05) is 97.1 Å². The summed E-state index contributed by atoms with van der Waals surface area (Å²) < 4.78 is 6.18. The number of carbonyl (C=O) groups is 2. The fourth-order valence-electron chi connectivity index (χ4n) is 6.26. The molecule has 0 fully saturated rings. The zero-order chi connectivity index (χ0) is 35.1. The van der Waals surface area contributed by atoms with Gasteiger partial charge in [0.1, 0.15) is 6.04 Å². The highest BCUT2D eigenvalue weighted by atomic mass is 16.5. The van der Waals surface area contributed by atoms with Crippen LogP contribution >= 0.6 is 0 Å². The van der Waals surface area contributed by atoms with Gasteiger partial charge in [0.15, 0.2) is 0 Å². The van der Waals surface area contributed by atoms with Crippen LogP contribution in [0.25, 0.3) is 22.5 Å². The fraction of sp³-hybridized carbons (Fsp3) is 0.325. The second-order valence-electron chi connectivity index (χ2n) is 14.1. The predicted octanol–water partition coefficient (Wildman–Crippen LogP) is 6.25. The second kappa shape index (κ2) is 15.1. The Hall–Kier alpha value is -5.19. The van der Waals surface area contributed by atoms with Crippen LogP contribution in [0.1, 0.15) is 57.2 Å². The van der Waals surface area contributed by atoms with Crippen LogP contribution in [0.2, 0.25) is 0 Å². The van der Waals surface area contributed by atoms with Crippen molar-refractivity contribution in [3.8, 4) is 22.5 Å². The number of nitrogens with one attached hydrogen (secondary N) is 3. The van der Waals surface area contributed by atoms with E-state index in [9.17, 15) is 9.59 Å². The molecule has 0 saturated heterocycles. The molecule has 2 heterocycles. The molecule has 10 heteroatoms. The molecule has 0 bridgehead atoms. The van der Waals surface area contributed by atoms with Crippen LogP contribution in [0.15, 0.2) is 103 Å². The van der Waals surface area contributed by atoms with E-state index in [4.69, 9.17) is 4.74 Å². The maximum atomic E-state index is 14.2. The van der Waals surface area contributed by atoms with E-state index in [0.29, 0.717) is 38.4 Å². The van der Waals surface area contributed by atoms with Crippen molar-refractivity contribution in [3.05, 3.63) is 120 Å². The minimum atomic E-state index is -0.641. The highest BCUT2D eigenvalue weighted by molar-refractivity contribution is 6.00. The molecular weight excluding hydrogens is 626 g/mol. The Morgan fingerprint density at radius 3 is 2.32 bits per heavy atom. The smallest absolute Gasteiger partial charge is 0.249 e. The van der Waals surface area contributed by atoms with Gasteiger partial charge in [-0.15, -0.1) is 10.2 Å². The number of amides is 2. The minimum absolute atomic E-state index is 0.115. The summed E-state index contributed by atoms with van der Waals surface area (Å²) in [4.78, 5) is 29.5. The summed E-state index contributed by atoms with van der Waals surface area (Å²) in [5, 5.41) is 21.2. The van der Waals surface area contributed by atoms with Crippen LogP contribution in [-0.4, -0.2) is 56.2 Å². The molecule has 1 atom stereocenters. The number of aromatic amines is 1. The van der Waals surface area contributed by atoms with Gasteiger partial charge in [0.2, 0.25) is 17.6 Å². The zero-order valence-corrected chi connectivity index (χ0v) is 29.1. The number of hydrogen-bond acceptors (Lipinski definition) is 7. The number of rotatable bonds is 13. The summed E-state index contributed by atoms with van der Waals surface area (Å²) in [6.07, 6.45) is 1.42. The van der Waals surface area contributed by atoms with Gasteiger partial charge in [-0.25, -0.2) is 0 Å². The predicted molar refractivity (Wildman–Crippen MR) is 195 cm³/mol. The number of aromatic nitrogens is 4. The third kappa shape index (κ3) is 8.69. The van der Waals surface area contributed by atoms with Gasteiger partial charge >= 0.3 is 0 Å². The normalized spacial score (nSPS) is 15.0. The van der Waals surface area contributed by atoms with Crippen molar-refractivity contribution in [2.75, 3.05) is 11.4 Å². The molecule has 1 aromatic heterocycles. The van der Waals surface area contributed by atoms with Gasteiger partial charge in [0.25, 0.3) is 0 Å². The summed E-state index contributed by atoms with van der Waals surface area (Å²) in [6.45, 7) is 9.53. The standard InChI is InChI=1S/C40H45N7O3/c1-39(2,41-27-40(3,4)50-26-29-12-6-5-7-13-29)24-36(48)42-34-23-22-31-14-8-11-17-35(31)47(38(34)49)25-28-18-20-30(21-19-28)32-15-9-10-16-33(32)37-43-45-46-44-37/h5-21,34,41H,22-27H2,1-4H3,(H,42,48)(H,43,44,45,46)/t34-/m1/s1. The molecule has 2 amide bonds. The number of ether oxygens (including phenoxy) is 1. The van der Waals surface area contributed by atoms with E-state index in [-0.39, 0.29) is 18.2 Å². The number of nitrogens with zero attached hydrogens (tertiary/aromatic N) is 4. The lowest BCUT2D eigenvalue weighted by Crippen LogP contribution is -2.52. The first-order valence-corrected chi connectivity index (χ1v) is 17.1. The van der Waals surface area contributed by atoms with Crippen LogP contribution in [0.4, 0.5) is 5.69 Å². The van der Waals surface area contributed by atoms with Crippen molar-refractivity contribution in [3.63, 3.8) is 0 Å². The Morgan fingerprint density at radius 2 is 1.58 bits per heavy atom. The van der Waals surface area contributed by atoms with Crippen molar-refractivity contribution in [2.24, 2.45) is 0 Å². The van der Waals surface area contributed by atoms with Gasteiger partial charge in [0, 0.05) is 29.8 Å². The number of tetrazole rings is 1. The second-order valence-corrected chi connectivity index (χ2v) is 14.1. The molecule has 0 aliphatic carbocycles. The summed E-state index contributed by atoms with van der Waals surface area (Å²) in [5.74, 6) is 0.246. The van der Waals surface area contributed by atoms with Crippen molar-refractivity contribution in [2.45, 2.75) is 77.3 Å². The van der Waals surface area contributed by atoms with Crippen LogP contribution in [0, 0.1) is 0 Å². The summed E-state index contributed by atoms with van der Waals surface area (Å²) in [6, 6.07) is 33.5. The lowest BCUT2D eigenvalue weighted by Gasteiger charge is -2.33. The first-order valence-electron chi connectivity index (χ1n) is 17.1. The third-order valence-electron chi connectivity index (χ3n) is 9.07. The van der Waals surface area contributed by atoms with E-state index in [1.54, 1.807) is 0 Å². The monoisotopic (exact) mass is 671 g/mol. The maximum absolute atomic E-state index is 14.2. The molecule has 0 radical (unpaired) electrons. The van der Waals surface area contributed by atoms with Gasteiger partial charge in [-0.3, -0.25) is 9.59 Å². The molecule has 0 unspecified atom stereocenters. The van der Waals surface area contributed by atoms with Crippen molar-refractivity contribution < 1.29 is 14.3 Å².